The third kappa shape index (κ3) is 3.02. The summed E-state index contributed by atoms with van der Waals surface area (Å²) < 4.78 is 0.227. The number of allylic oxidation sites excluding steroid dienone is 1. The normalized spacial score (nSPS) is 23.1. The van der Waals surface area contributed by atoms with Crippen LogP contribution in [0, 0.1) is 31.1 Å². The third-order valence-corrected chi connectivity index (χ3v) is 4.40. The molecule has 1 aliphatic rings. The maximum atomic E-state index is 12.4. The number of carbonyl (C=O) groups excluding carboxylic acids is 1. The molecule has 2 atom stereocenters. The zero-order valence-electron chi connectivity index (χ0n) is 12.1. The first-order valence-corrected chi connectivity index (χ1v) is 7.40. The number of amides is 1. The Morgan fingerprint density at radius 2 is 1.95 bits per heavy atom. The molecule has 1 aliphatic carbocycles. The van der Waals surface area contributed by atoms with Gasteiger partial charge in [-0.15, -0.1) is 0 Å². The van der Waals surface area contributed by atoms with E-state index in [1.165, 1.54) is 0 Å². The predicted molar refractivity (Wildman–Crippen MR) is 85.1 cm³/mol. The Morgan fingerprint density at radius 1 is 1.30 bits per heavy atom. The molecule has 0 aromatic heterocycles. The number of halogens is 2. The molecule has 108 valence electrons. The highest BCUT2D eigenvalue weighted by Gasteiger charge is 2.60. The minimum atomic E-state index is -0.100. The molecule has 0 unspecified atom stereocenters. The molecule has 1 aromatic rings. The zero-order chi connectivity index (χ0) is 15.1. The van der Waals surface area contributed by atoms with Crippen LogP contribution in [0.5, 0.6) is 0 Å². The molecule has 0 radical (unpaired) electrons. The van der Waals surface area contributed by atoms with Gasteiger partial charge in [0.2, 0.25) is 5.91 Å². The van der Waals surface area contributed by atoms with Gasteiger partial charge in [-0.25, -0.2) is 0 Å². The van der Waals surface area contributed by atoms with Gasteiger partial charge in [0.25, 0.3) is 0 Å². The smallest absolute Gasteiger partial charge is 0.228 e. The number of benzene rings is 1. The summed E-state index contributed by atoms with van der Waals surface area (Å²) in [6, 6.07) is 6.03. The Balaban J connectivity index is 2.14. The molecule has 1 saturated carbocycles. The Hall–Kier alpha value is -0.990. The quantitative estimate of drug-likeness (QED) is 0.850. The van der Waals surface area contributed by atoms with Crippen LogP contribution in [0.4, 0.5) is 5.69 Å². The van der Waals surface area contributed by atoms with Crippen LogP contribution in [0.1, 0.15) is 25.0 Å². The molecule has 1 N–H and O–H groups in total. The van der Waals surface area contributed by atoms with Gasteiger partial charge in [0.15, 0.2) is 0 Å². The monoisotopic (exact) mass is 311 g/mol. The molecule has 2 rings (SSSR count). The summed E-state index contributed by atoms with van der Waals surface area (Å²) in [5.41, 5.74) is 2.96. The van der Waals surface area contributed by atoms with Gasteiger partial charge >= 0.3 is 0 Å². The predicted octanol–water partition coefficient (Wildman–Crippen LogP) is 4.83. The van der Waals surface area contributed by atoms with Gasteiger partial charge in [0.1, 0.15) is 4.49 Å². The lowest BCUT2D eigenvalue weighted by Gasteiger charge is -2.10. The van der Waals surface area contributed by atoms with Gasteiger partial charge in [0.05, 0.1) is 5.92 Å². The zero-order valence-corrected chi connectivity index (χ0v) is 13.6. The number of carbonyl (C=O) groups is 1. The van der Waals surface area contributed by atoms with Crippen molar-refractivity contribution in [2.75, 3.05) is 5.32 Å². The number of hydrogen-bond donors (Lipinski definition) is 1. The summed E-state index contributed by atoms with van der Waals surface area (Å²) in [6.45, 7) is 8.10. The van der Waals surface area contributed by atoms with E-state index in [1.54, 1.807) is 6.08 Å². The minimum absolute atomic E-state index is 0.0273. The van der Waals surface area contributed by atoms with Crippen molar-refractivity contribution in [2.45, 2.75) is 27.7 Å². The summed E-state index contributed by atoms with van der Waals surface area (Å²) in [5.74, 6) is 0.0343. The largest absolute Gasteiger partial charge is 0.326 e. The Kier molecular flexibility index (Phi) is 4.17. The van der Waals surface area contributed by atoms with Crippen molar-refractivity contribution in [1.29, 1.82) is 0 Å². The Bertz CT molecular complexity index is 574. The second kappa shape index (κ2) is 5.42. The number of nitrogens with one attached hydrogen (secondary N) is 1. The van der Waals surface area contributed by atoms with Crippen LogP contribution in [0.3, 0.4) is 0 Å². The molecule has 0 saturated heterocycles. The van der Waals surface area contributed by atoms with E-state index < -0.39 is 0 Å². The van der Waals surface area contributed by atoms with Crippen LogP contribution < -0.4 is 5.32 Å². The van der Waals surface area contributed by atoms with Gasteiger partial charge in [0, 0.05) is 5.69 Å². The molecule has 2 nitrogen and oxygen atoms in total. The lowest BCUT2D eigenvalue weighted by molar-refractivity contribution is -0.118. The molecule has 20 heavy (non-hydrogen) atoms. The maximum absolute atomic E-state index is 12.4. The number of aryl methyl sites for hydroxylation is 2. The number of rotatable bonds is 3. The molecule has 4 heteroatoms. The molecule has 1 fully saturated rings. The lowest BCUT2D eigenvalue weighted by atomic mass is 10.1. The highest BCUT2D eigenvalue weighted by Crippen LogP contribution is 2.60. The summed E-state index contributed by atoms with van der Waals surface area (Å²) in [7, 11) is 0. The second-order valence-corrected chi connectivity index (χ2v) is 7.10. The Labute approximate surface area is 130 Å². The highest BCUT2D eigenvalue weighted by molar-refractivity contribution is 6.55. The molecular weight excluding hydrogens is 293 g/mol. The van der Waals surface area contributed by atoms with Gasteiger partial charge in [-0.2, -0.15) is 0 Å². The van der Waals surface area contributed by atoms with Gasteiger partial charge in [-0.1, -0.05) is 49.2 Å². The fourth-order valence-electron chi connectivity index (χ4n) is 2.71. The van der Waals surface area contributed by atoms with E-state index in [0.29, 0.717) is 0 Å². The summed E-state index contributed by atoms with van der Waals surface area (Å²) in [4.78, 5) is 12.4. The fraction of sp³-hybridized carbons (Fsp3) is 0.438. The van der Waals surface area contributed by atoms with Crippen LogP contribution in [-0.2, 0) is 4.79 Å². The van der Waals surface area contributed by atoms with Gasteiger partial charge in [-0.05, 0) is 48.4 Å². The van der Waals surface area contributed by atoms with Gasteiger partial charge < -0.3 is 5.32 Å². The maximum Gasteiger partial charge on any atom is 0.228 e. The third-order valence-electron chi connectivity index (χ3n) is 4.15. The molecule has 1 aromatic carbocycles. The van der Waals surface area contributed by atoms with E-state index in [2.05, 4.69) is 19.2 Å². The van der Waals surface area contributed by atoms with E-state index in [1.807, 2.05) is 32.0 Å². The standard InChI is InChI=1S/C16H19Cl2NO/c1-9-5-6-10(2)12(7-9)19-15(20)14-11(8-13(17)18)16(14,3)4/h5-8,11,14H,1-4H3,(H,19,20)/t11-,14+/m0/s1. The average Bonchev–Trinajstić information content (AvgIpc) is 2.84. The van der Waals surface area contributed by atoms with Crippen molar-refractivity contribution in [3.05, 3.63) is 39.9 Å². The molecular formula is C16H19Cl2NO. The van der Waals surface area contributed by atoms with E-state index in [0.717, 1.165) is 16.8 Å². The SMILES string of the molecule is Cc1ccc(C)c(NC(=O)[C@H]2[C@H](C=C(Cl)Cl)C2(C)C)c1. The lowest BCUT2D eigenvalue weighted by Crippen LogP contribution is -2.17. The van der Waals surface area contributed by atoms with E-state index in [4.69, 9.17) is 23.2 Å². The van der Waals surface area contributed by atoms with E-state index >= 15 is 0 Å². The molecule has 0 aliphatic heterocycles. The van der Waals surface area contributed by atoms with Crippen molar-refractivity contribution in [3.63, 3.8) is 0 Å². The molecule has 1 amide bonds. The van der Waals surface area contributed by atoms with E-state index in [9.17, 15) is 4.79 Å². The summed E-state index contributed by atoms with van der Waals surface area (Å²) in [6.07, 6.45) is 1.76. The van der Waals surface area contributed by atoms with Crippen molar-refractivity contribution < 1.29 is 4.79 Å². The summed E-state index contributed by atoms with van der Waals surface area (Å²) >= 11 is 11.4. The van der Waals surface area contributed by atoms with Crippen LogP contribution in [0.25, 0.3) is 0 Å². The fourth-order valence-corrected chi connectivity index (χ4v) is 2.98. The minimum Gasteiger partial charge on any atom is -0.326 e. The average molecular weight is 312 g/mol. The van der Waals surface area contributed by atoms with Gasteiger partial charge in [-0.3, -0.25) is 4.79 Å². The van der Waals surface area contributed by atoms with Crippen molar-refractivity contribution in [2.24, 2.45) is 17.3 Å². The second-order valence-electron chi connectivity index (χ2n) is 6.09. The van der Waals surface area contributed by atoms with Crippen LogP contribution >= 0.6 is 23.2 Å². The van der Waals surface area contributed by atoms with E-state index in [-0.39, 0.29) is 27.6 Å². The number of anilines is 1. The first-order chi connectivity index (χ1) is 9.23. The highest BCUT2D eigenvalue weighted by atomic mass is 35.5. The molecule has 0 bridgehead atoms. The first kappa shape index (κ1) is 15.4. The van der Waals surface area contributed by atoms with Crippen molar-refractivity contribution in [1.82, 2.24) is 0 Å². The van der Waals surface area contributed by atoms with Crippen LogP contribution in [0.15, 0.2) is 28.8 Å². The first-order valence-electron chi connectivity index (χ1n) is 6.64. The van der Waals surface area contributed by atoms with Crippen LogP contribution in [-0.4, -0.2) is 5.91 Å². The summed E-state index contributed by atoms with van der Waals surface area (Å²) in [5, 5.41) is 3.02. The molecule has 0 spiro atoms. The topological polar surface area (TPSA) is 29.1 Å². The Morgan fingerprint density at radius 3 is 2.55 bits per heavy atom. The van der Waals surface area contributed by atoms with Crippen molar-refractivity contribution >= 4 is 34.8 Å². The number of hydrogen-bond acceptors (Lipinski definition) is 1. The molecule has 0 heterocycles. The van der Waals surface area contributed by atoms with Crippen LogP contribution in [0.2, 0.25) is 0 Å². The van der Waals surface area contributed by atoms with Crippen molar-refractivity contribution in [3.8, 4) is 0 Å².